The van der Waals surface area contributed by atoms with Crippen LogP contribution in [0.5, 0.6) is 0 Å². The molecule has 0 aromatic rings. The topological polar surface area (TPSA) is 9.23 Å². The summed E-state index contributed by atoms with van der Waals surface area (Å²) in [5.74, 6) is 0. The van der Waals surface area contributed by atoms with Gasteiger partial charge in [0.1, 0.15) is 0 Å². The average Bonchev–Trinajstić information content (AvgIpc) is 1.91. The first-order valence-electron chi connectivity index (χ1n) is 4.05. The van der Waals surface area contributed by atoms with Gasteiger partial charge >= 0.3 is 1.43 Å². The zero-order chi connectivity index (χ0) is 6.53. The normalized spacial score (nSPS) is 29.7. The molecule has 0 aromatic carbocycles. The highest BCUT2D eigenvalue weighted by atomic mass is 28.2. The molecule has 1 nitrogen and oxygen atoms in total. The molecule has 0 bridgehead atoms. The van der Waals surface area contributed by atoms with E-state index in [1.54, 1.807) is 0 Å². The van der Waals surface area contributed by atoms with E-state index in [4.69, 9.17) is 4.74 Å². The van der Waals surface area contributed by atoms with E-state index in [0.717, 1.165) is 12.3 Å². The minimum Gasteiger partial charge on any atom is -0.382 e. The SMILES string of the molecule is CC[SiH2]C1CCCCO1.[H+]. The van der Waals surface area contributed by atoms with Gasteiger partial charge in [0.15, 0.2) is 0 Å². The van der Waals surface area contributed by atoms with Crippen LogP contribution in [0.1, 0.15) is 27.6 Å². The Morgan fingerprint density at radius 3 is 3.11 bits per heavy atom. The van der Waals surface area contributed by atoms with Crippen LogP contribution in [0.15, 0.2) is 0 Å². The summed E-state index contributed by atoms with van der Waals surface area (Å²) in [5, 5.41) is 0. The summed E-state index contributed by atoms with van der Waals surface area (Å²) in [5.41, 5.74) is 0.740. The number of rotatable bonds is 2. The monoisotopic (exact) mass is 145 g/mol. The fraction of sp³-hybridized carbons (Fsp3) is 1.00. The van der Waals surface area contributed by atoms with Crippen LogP contribution in [-0.2, 0) is 4.74 Å². The second-order valence-corrected chi connectivity index (χ2v) is 5.27. The Kier molecular flexibility index (Phi) is 3.29. The van der Waals surface area contributed by atoms with Gasteiger partial charge in [-0.2, -0.15) is 0 Å². The highest BCUT2D eigenvalue weighted by molar-refractivity contribution is 6.37. The summed E-state index contributed by atoms with van der Waals surface area (Å²) in [7, 11) is 0.154. The van der Waals surface area contributed by atoms with Crippen molar-refractivity contribution in [1.29, 1.82) is 0 Å². The van der Waals surface area contributed by atoms with E-state index in [1.807, 2.05) is 0 Å². The molecule has 1 heterocycles. The van der Waals surface area contributed by atoms with Crippen LogP contribution in [0, 0.1) is 0 Å². The molecule has 0 N–H and O–H groups in total. The van der Waals surface area contributed by atoms with Gasteiger partial charge < -0.3 is 4.74 Å². The molecule has 0 aliphatic carbocycles. The highest BCUT2D eigenvalue weighted by Gasteiger charge is 2.11. The summed E-state index contributed by atoms with van der Waals surface area (Å²) >= 11 is 0. The Balaban J connectivity index is 0.000000810. The van der Waals surface area contributed by atoms with Crippen LogP contribution in [0.25, 0.3) is 0 Å². The van der Waals surface area contributed by atoms with Crippen molar-refractivity contribution in [2.24, 2.45) is 0 Å². The van der Waals surface area contributed by atoms with Crippen molar-refractivity contribution in [3.8, 4) is 0 Å². The van der Waals surface area contributed by atoms with Crippen molar-refractivity contribution in [2.45, 2.75) is 38.0 Å². The van der Waals surface area contributed by atoms with E-state index >= 15 is 0 Å². The lowest BCUT2D eigenvalue weighted by atomic mass is 10.2. The van der Waals surface area contributed by atoms with Gasteiger partial charge in [-0.05, 0) is 19.3 Å². The standard InChI is InChI=1S/C7H16OSi/c1-2-9-7-5-3-4-6-8-7/h7H,2-6,9H2,1H3/p+1. The van der Waals surface area contributed by atoms with Crippen molar-refractivity contribution in [2.75, 3.05) is 6.61 Å². The van der Waals surface area contributed by atoms with Crippen molar-refractivity contribution in [3.05, 3.63) is 0 Å². The first-order valence-corrected chi connectivity index (χ1v) is 5.86. The molecule has 1 atom stereocenters. The third-order valence-corrected chi connectivity index (χ3v) is 3.75. The van der Waals surface area contributed by atoms with Crippen molar-refractivity contribution >= 4 is 9.52 Å². The minimum absolute atomic E-state index is 0. The van der Waals surface area contributed by atoms with Crippen molar-refractivity contribution in [3.63, 3.8) is 0 Å². The first-order chi connectivity index (χ1) is 4.43. The largest absolute Gasteiger partial charge is 1.00 e. The van der Waals surface area contributed by atoms with Crippen LogP contribution in [0.4, 0.5) is 0 Å². The van der Waals surface area contributed by atoms with Gasteiger partial charge in [0.2, 0.25) is 0 Å². The fourth-order valence-electron chi connectivity index (χ4n) is 1.36. The first kappa shape index (κ1) is 7.29. The van der Waals surface area contributed by atoms with Gasteiger partial charge in [-0.25, -0.2) is 0 Å². The summed E-state index contributed by atoms with van der Waals surface area (Å²) in [6.45, 7) is 3.32. The minimum atomic E-state index is 0. The van der Waals surface area contributed by atoms with E-state index in [9.17, 15) is 0 Å². The number of hydrogen-bond donors (Lipinski definition) is 0. The highest BCUT2D eigenvalue weighted by Crippen LogP contribution is 2.11. The Morgan fingerprint density at radius 1 is 1.67 bits per heavy atom. The Morgan fingerprint density at radius 2 is 2.56 bits per heavy atom. The summed E-state index contributed by atoms with van der Waals surface area (Å²) in [4.78, 5) is 0. The lowest BCUT2D eigenvalue weighted by Gasteiger charge is -2.21. The van der Waals surface area contributed by atoms with Crippen LogP contribution in [0.2, 0.25) is 6.04 Å². The van der Waals surface area contributed by atoms with Crippen LogP contribution in [0.3, 0.4) is 0 Å². The van der Waals surface area contributed by atoms with E-state index in [-0.39, 0.29) is 10.9 Å². The van der Waals surface area contributed by atoms with E-state index < -0.39 is 0 Å². The lowest BCUT2D eigenvalue weighted by Crippen LogP contribution is -2.24. The summed E-state index contributed by atoms with van der Waals surface area (Å²) in [6.07, 6.45) is 4.08. The third kappa shape index (κ3) is 2.50. The predicted octanol–water partition coefficient (Wildman–Crippen LogP) is 1.23. The zero-order valence-corrected chi connectivity index (χ0v) is 7.64. The molecule has 1 unspecified atom stereocenters. The van der Waals surface area contributed by atoms with Gasteiger partial charge in [-0.3, -0.25) is 0 Å². The molecular formula is C7H17OSi+. The molecule has 0 aromatic heterocycles. The lowest BCUT2D eigenvalue weighted by molar-refractivity contribution is 0.0651. The molecule has 54 valence electrons. The zero-order valence-electron chi connectivity index (χ0n) is 7.23. The maximum Gasteiger partial charge on any atom is 1.00 e. The maximum atomic E-state index is 5.58. The molecule has 0 spiro atoms. The molecule has 1 saturated heterocycles. The van der Waals surface area contributed by atoms with Crippen molar-refractivity contribution in [1.82, 2.24) is 0 Å². The smallest absolute Gasteiger partial charge is 0.382 e. The molecule has 9 heavy (non-hydrogen) atoms. The van der Waals surface area contributed by atoms with Crippen molar-refractivity contribution < 1.29 is 6.16 Å². The number of hydrogen-bond acceptors (Lipinski definition) is 1. The third-order valence-electron chi connectivity index (χ3n) is 1.88. The molecule has 0 saturated carbocycles. The molecule has 2 heteroatoms. The van der Waals surface area contributed by atoms with Crippen LogP contribution < -0.4 is 0 Å². The van der Waals surface area contributed by atoms with E-state index in [0.29, 0.717) is 0 Å². The second-order valence-electron chi connectivity index (χ2n) is 2.78. The summed E-state index contributed by atoms with van der Waals surface area (Å²) in [6, 6.07) is 1.41. The van der Waals surface area contributed by atoms with Gasteiger partial charge in [0.25, 0.3) is 0 Å². The van der Waals surface area contributed by atoms with Gasteiger partial charge in [0, 0.05) is 12.3 Å². The second kappa shape index (κ2) is 4.07. The quantitative estimate of drug-likeness (QED) is 0.531. The molecule has 0 amide bonds. The molecule has 1 rings (SSSR count). The molecule has 1 aliphatic heterocycles. The van der Waals surface area contributed by atoms with E-state index in [2.05, 4.69) is 6.92 Å². The molecule has 0 radical (unpaired) electrons. The van der Waals surface area contributed by atoms with E-state index in [1.165, 1.54) is 25.3 Å². The molecule has 1 aliphatic rings. The van der Waals surface area contributed by atoms with Gasteiger partial charge in [-0.15, -0.1) is 0 Å². The Bertz CT molecular complexity index is 71.3. The van der Waals surface area contributed by atoms with Gasteiger partial charge in [0.05, 0.1) is 9.52 Å². The fourth-order valence-corrected chi connectivity index (χ4v) is 2.91. The average molecular weight is 145 g/mol. The summed E-state index contributed by atoms with van der Waals surface area (Å²) < 4.78 is 5.58. The van der Waals surface area contributed by atoms with Crippen LogP contribution >= 0.6 is 0 Å². The molecular weight excluding hydrogens is 128 g/mol. The Hall–Kier alpha value is 0.177. The maximum absolute atomic E-state index is 5.58. The molecule has 1 fully saturated rings. The Labute approximate surface area is 61.1 Å². The predicted molar refractivity (Wildman–Crippen MR) is 43.7 cm³/mol. The van der Waals surface area contributed by atoms with Crippen LogP contribution in [-0.4, -0.2) is 21.9 Å². The van der Waals surface area contributed by atoms with Gasteiger partial charge in [-0.1, -0.05) is 13.0 Å². The number of ether oxygens (including phenoxy) is 1.